The molecule has 27 heavy (non-hydrogen) atoms. The molecule has 1 heterocycles. The zero-order valence-corrected chi connectivity index (χ0v) is 15.0. The maximum Gasteiger partial charge on any atom is 0.291 e. The number of hydrogen-bond donors (Lipinski definition) is 2. The van der Waals surface area contributed by atoms with Gasteiger partial charge in [-0.1, -0.05) is 36.4 Å². The fourth-order valence-corrected chi connectivity index (χ4v) is 2.57. The molecule has 0 atom stereocenters. The fourth-order valence-electron chi connectivity index (χ4n) is 2.57. The highest BCUT2D eigenvalue weighted by atomic mass is 16.3. The quantitative estimate of drug-likeness (QED) is 0.673. The van der Waals surface area contributed by atoms with Gasteiger partial charge in [-0.15, -0.1) is 0 Å². The summed E-state index contributed by atoms with van der Waals surface area (Å²) in [5.41, 5.74) is 2.44. The first-order valence-corrected chi connectivity index (χ1v) is 8.58. The summed E-state index contributed by atoms with van der Waals surface area (Å²) in [6.07, 6.45) is 1.45. The molecule has 0 saturated carbocycles. The van der Waals surface area contributed by atoms with E-state index in [1.807, 2.05) is 36.4 Å². The molecule has 0 bridgehead atoms. The summed E-state index contributed by atoms with van der Waals surface area (Å²) in [5, 5.41) is 5.85. The Hall–Kier alpha value is -3.54. The number of nitrogens with zero attached hydrogens (tertiary/aromatic N) is 1. The summed E-state index contributed by atoms with van der Waals surface area (Å²) in [6, 6.07) is 20.3. The number of carbonyl (C=O) groups excluding carboxylic acids is 2. The number of rotatable bonds is 7. The van der Waals surface area contributed by atoms with Gasteiger partial charge in [0.1, 0.15) is 0 Å². The van der Waals surface area contributed by atoms with Gasteiger partial charge >= 0.3 is 0 Å². The van der Waals surface area contributed by atoms with Gasteiger partial charge in [-0.3, -0.25) is 9.59 Å². The van der Waals surface area contributed by atoms with Gasteiger partial charge in [-0.2, -0.15) is 0 Å². The average Bonchev–Trinajstić information content (AvgIpc) is 3.22. The molecule has 0 unspecified atom stereocenters. The van der Waals surface area contributed by atoms with Crippen molar-refractivity contribution >= 4 is 23.2 Å². The molecule has 0 fully saturated rings. The number of furan rings is 1. The van der Waals surface area contributed by atoms with Gasteiger partial charge in [0.25, 0.3) is 5.91 Å². The third-order valence-electron chi connectivity index (χ3n) is 4.00. The van der Waals surface area contributed by atoms with E-state index < -0.39 is 0 Å². The molecule has 0 radical (unpaired) electrons. The predicted molar refractivity (Wildman–Crippen MR) is 105 cm³/mol. The molecule has 138 valence electrons. The fraction of sp³-hybridized carbons (Fsp3) is 0.143. The largest absolute Gasteiger partial charge is 0.459 e. The van der Waals surface area contributed by atoms with E-state index in [1.54, 1.807) is 42.3 Å². The van der Waals surface area contributed by atoms with E-state index in [1.165, 1.54) is 6.26 Å². The zero-order valence-electron chi connectivity index (χ0n) is 15.0. The molecule has 0 aliphatic heterocycles. The number of anilines is 2. The maximum atomic E-state index is 12.3. The molecule has 0 saturated heterocycles. The van der Waals surface area contributed by atoms with Crippen molar-refractivity contribution in [3.8, 4) is 0 Å². The van der Waals surface area contributed by atoms with Gasteiger partial charge in [0, 0.05) is 25.0 Å². The van der Waals surface area contributed by atoms with Gasteiger partial charge in [-0.25, -0.2) is 0 Å². The van der Waals surface area contributed by atoms with E-state index in [2.05, 4.69) is 10.6 Å². The molecule has 3 aromatic rings. The van der Waals surface area contributed by atoms with Crippen LogP contribution >= 0.6 is 0 Å². The summed E-state index contributed by atoms with van der Waals surface area (Å²) >= 11 is 0. The highest BCUT2D eigenvalue weighted by Gasteiger charge is 2.11. The Morgan fingerprint density at radius 2 is 1.74 bits per heavy atom. The third kappa shape index (κ3) is 5.22. The van der Waals surface area contributed by atoms with Crippen LogP contribution in [0.15, 0.2) is 77.4 Å². The van der Waals surface area contributed by atoms with Crippen molar-refractivity contribution in [2.45, 2.75) is 6.54 Å². The van der Waals surface area contributed by atoms with Crippen molar-refractivity contribution < 1.29 is 14.0 Å². The summed E-state index contributed by atoms with van der Waals surface area (Å²) in [5.74, 6) is -0.106. The summed E-state index contributed by atoms with van der Waals surface area (Å²) in [4.78, 5) is 26.0. The lowest BCUT2D eigenvalue weighted by Crippen LogP contribution is -2.31. The zero-order chi connectivity index (χ0) is 19.1. The molecular formula is C21H21N3O3. The van der Waals surface area contributed by atoms with Gasteiger partial charge in [0.2, 0.25) is 5.91 Å². The summed E-state index contributed by atoms with van der Waals surface area (Å²) in [7, 11) is 1.77. The smallest absolute Gasteiger partial charge is 0.291 e. The van der Waals surface area contributed by atoms with Crippen molar-refractivity contribution in [3.63, 3.8) is 0 Å². The lowest BCUT2D eigenvalue weighted by Gasteiger charge is -2.18. The van der Waals surface area contributed by atoms with Crippen molar-refractivity contribution in [1.82, 2.24) is 4.90 Å². The molecule has 6 heteroatoms. The third-order valence-corrected chi connectivity index (χ3v) is 4.00. The topological polar surface area (TPSA) is 74.6 Å². The molecule has 0 spiro atoms. The lowest BCUT2D eigenvalue weighted by molar-refractivity contribution is -0.128. The minimum atomic E-state index is -0.323. The van der Waals surface area contributed by atoms with Crippen LogP contribution in [0.4, 0.5) is 11.4 Å². The first kappa shape index (κ1) is 18.3. The standard InChI is InChI=1S/C21H21N3O3/c1-24(15-16-7-3-2-4-8-16)20(25)14-22-17-9-5-10-18(13-17)23-21(26)19-11-6-12-27-19/h2-13,22H,14-15H2,1H3,(H,23,26). The second-order valence-electron chi connectivity index (χ2n) is 6.10. The van der Waals surface area contributed by atoms with E-state index in [9.17, 15) is 9.59 Å². The highest BCUT2D eigenvalue weighted by Crippen LogP contribution is 2.16. The average molecular weight is 363 g/mol. The molecule has 2 amide bonds. The first-order chi connectivity index (χ1) is 13.1. The monoisotopic (exact) mass is 363 g/mol. The molecule has 6 nitrogen and oxygen atoms in total. The Kier molecular flexibility index (Phi) is 5.89. The number of hydrogen-bond acceptors (Lipinski definition) is 4. The van der Waals surface area contributed by atoms with E-state index in [-0.39, 0.29) is 24.1 Å². The summed E-state index contributed by atoms with van der Waals surface area (Å²) in [6.45, 7) is 0.722. The van der Waals surface area contributed by atoms with E-state index in [0.717, 1.165) is 11.3 Å². The molecule has 0 aliphatic carbocycles. The molecular weight excluding hydrogens is 342 g/mol. The van der Waals surface area contributed by atoms with Crippen LogP contribution in [0.25, 0.3) is 0 Å². The van der Waals surface area contributed by atoms with Gasteiger partial charge in [0.05, 0.1) is 12.8 Å². The second kappa shape index (κ2) is 8.71. The normalized spacial score (nSPS) is 10.3. The summed E-state index contributed by atoms with van der Waals surface area (Å²) < 4.78 is 5.07. The SMILES string of the molecule is CN(Cc1ccccc1)C(=O)CNc1cccc(NC(=O)c2ccco2)c1. The van der Waals surface area contributed by atoms with Crippen molar-refractivity contribution in [3.05, 3.63) is 84.3 Å². The van der Waals surface area contributed by atoms with Gasteiger partial charge < -0.3 is 20.0 Å². The number of nitrogens with one attached hydrogen (secondary N) is 2. The van der Waals surface area contributed by atoms with Crippen LogP contribution in [0.2, 0.25) is 0 Å². The predicted octanol–water partition coefficient (Wildman–Crippen LogP) is 3.60. The van der Waals surface area contributed by atoms with E-state index >= 15 is 0 Å². The Morgan fingerprint density at radius 1 is 0.963 bits per heavy atom. The van der Waals surface area contributed by atoms with E-state index in [0.29, 0.717) is 12.2 Å². The number of carbonyl (C=O) groups is 2. The Bertz CT molecular complexity index is 892. The van der Waals surface area contributed by atoms with Crippen molar-refractivity contribution in [2.24, 2.45) is 0 Å². The number of likely N-dealkylation sites (N-methyl/N-ethyl adjacent to an activating group) is 1. The lowest BCUT2D eigenvalue weighted by atomic mass is 10.2. The van der Waals surface area contributed by atoms with Crippen LogP contribution in [0.5, 0.6) is 0 Å². The Balaban J connectivity index is 1.53. The van der Waals surface area contributed by atoms with Crippen LogP contribution in [0, 0.1) is 0 Å². The van der Waals surface area contributed by atoms with E-state index in [4.69, 9.17) is 4.42 Å². The van der Waals surface area contributed by atoms with Crippen LogP contribution in [-0.2, 0) is 11.3 Å². The molecule has 1 aromatic heterocycles. The van der Waals surface area contributed by atoms with Gasteiger partial charge in [-0.05, 0) is 35.9 Å². The Labute approximate surface area is 157 Å². The van der Waals surface area contributed by atoms with Crippen LogP contribution in [0.1, 0.15) is 16.1 Å². The van der Waals surface area contributed by atoms with Gasteiger partial charge in [0.15, 0.2) is 5.76 Å². The highest BCUT2D eigenvalue weighted by molar-refractivity contribution is 6.02. The van der Waals surface area contributed by atoms with Crippen LogP contribution in [-0.4, -0.2) is 30.3 Å². The molecule has 2 aromatic carbocycles. The van der Waals surface area contributed by atoms with Crippen LogP contribution in [0.3, 0.4) is 0 Å². The molecule has 2 N–H and O–H groups in total. The first-order valence-electron chi connectivity index (χ1n) is 8.58. The Morgan fingerprint density at radius 3 is 2.48 bits per heavy atom. The van der Waals surface area contributed by atoms with Crippen molar-refractivity contribution in [2.75, 3.05) is 24.2 Å². The second-order valence-corrected chi connectivity index (χ2v) is 6.10. The number of amides is 2. The maximum absolute atomic E-state index is 12.3. The minimum Gasteiger partial charge on any atom is -0.459 e. The molecule has 0 aliphatic rings. The van der Waals surface area contributed by atoms with Crippen molar-refractivity contribution in [1.29, 1.82) is 0 Å². The minimum absolute atomic E-state index is 0.0242. The number of benzene rings is 2. The van der Waals surface area contributed by atoms with Crippen LogP contribution < -0.4 is 10.6 Å². The molecule has 3 rings (SSSR count).